The van der Waals surface area contributed by atoms with Gasteiger partial charge in [-0.05, 0) is 43.7 Å². The maximum absolute atomic E-state index is 13.3. The van der Waals surface area contributed by atoms with Crippen molar-refractivity contribution in [1.82, 2.24) is 0 Å². The predicted molar refractivity (Wildman–Crippen MR) is 76.9 cm³/mol. The molecule has 0 spiro atoms. The molecule has 2 aromatic carbocycles. The Morgan fingerprint density at radius 3 is 2.57 bits per heavy atom. The van der Waals surface area contributed by atoms with Gasteiger partial charge in [-0.15, -0.1) is 0 Å². The van der Waals surface area contributed by atoms with Gasteiger partial charge in [0.15, 0.2) is 0 Å². The second kappa shape index (κ2) is 5.88. The largest absolute Gasteiger partial charge is 0.456 e. The molecule has 110 valence electrons. The average molecular weight is 290 g/mol. The van der Waals surface area contributed by atoms with E-state index in [-0.39, 0.29) is 5.69 Å². The first-order valence-electron chi connectivity index (χ1n) is 6.36. The number of ether oxygens (including phenoxy) is 1. The molecular weight excluding hydrogens is 275 g/mol. The smallest absolute Gasteiger partial charge is 0.273 e. The Hall–Kier alpha value is -2.47. The van der Waals surface area contributed by atoms with Crippen LogP contribution in [0.5, 0.6) is 11.5 Å². The van der Waals surface area contributed by atoms with Crippen molar-refractivity contribution in [2.24, 2.45) is 5.73 Å². The zero-order valence-corrected chi connectivity index (χ0v) is 11.7. The molecule has 0 saturated carbocycles. The van der Waals surface area contributed by atoms with E-state index in [2.05, 4.69) is 0 Å². The van der Waals surface area contributed by atoms with E-state index in [1.165, 1.54) is 30.3 Å². The fourth-order valence-corrected chi connectivity index (χ4v) is 1.90. The molecule has 0 radical (unpaired) electrons. The Labute approximate surface area is 121 Å². The van der Waals surface area contributed by atoms with Crippen molar-refractivity contribution in [3.63, 3.8) is 0 Å². The van der Waals surface area contributed by atoms with Crippen molar-refractivity contribution >= 4 is 5.69 Å². The van der Waals surface area contributed by atoms with Crippen molar-refractivity contribution in [1.29, 1.82) is 0 Å². The van der Waals surface area contributed by atoms with Gasteiger partial charge in [-0.25, -0.2) is 4.39 Å². The molecule has 21 heavy (non-hydrogen) atoms. The molecule has 0 aliphatic rings. The van der Waals surface area contributed by atoms with Crippen LogP contribution < -0.4 is 10.5 Å². The van der Waals surface area contributed by atoms with Crippen molar-refractivity contribution in [2.45, 2.75) is 19.9 Å². The third kappa shape index (κ3) is 3.35. The molecule has 0 aliphatic heterocycles. The summed E-state index contributed by atoms with van der Waals surface area (Å²) in [5.74, 6) is 0.318. The van der Waals surface area contributed by atoms with E-state index in [1.807, 2.05) is 0 Å². The van der Waals surface area contributed by atoms with E-state index >= 15 is 0 Å². The highest BCUT2D eigenvalue weighted by Crippen LogP contribution is 2.33. The number of halogens is 1. The first kappa shape index (κ1) is 14.9. The molecular formula is C15H15FN2O3. The van der Waals surface area contributed by atoms with E-state index in [0.29, 0.717) is 17.1 Å². The molecule has 2 aromatic rings. The van der Waals surface area contributed by atoms with Gasteiger partial charge in [0.1, 0.15) is 17.3 Å². The number of nitrogens with zero attached hydrogens (tertiary/aromatic N) is 1. The van der Waals surface area contributed by atoms with Gasteiger partial charge in [0.25, 0.3) is 5.69 Å². The van der Waals surface area contributed by atoms with Crippen LogP contribution in [0.1, 0.15) is 24.1 Å². The number of nitro groups is 1. The molecule has 2 N–H and O–H groups in total. The van der Waals surface area contributed by atoms with Crippen LogP contribution in [-0.2, 0) is 0 Å². The fourth-order valence-electron chi connectivity index (χ4n) is 1.90. The van der Waals surface area contributed by atoms with Gasteiger partial charge >= 0.3 is 0 Å². The second-order valence-corrected chi connectivity index (χ2v) is 4.78. The normalized spacial score (nSPS) is 12.0. The molecule has 0 fully saturated rings. The van der Waals surface area contributed by atoms with Gasteiger partial charge in [-0.1, -0.05) is 0 Å². The van der Waals surface area contributed by atoms with E-state index in [9.17, 15) is 14.5 Å². The Balaban J connectivity index is 2.43. The van der Waals surface area contributed by atoms with E-state index in [1.54, 1.807) is 19.9 Å². The summed E-state index contributed by atoms with van der Waals surface area (Å²) in [7, 11) is 0. The van der Waals surface area contributed by atoms with Crippen LogP contribution in [-0.4, -0.2) is 4.92 Å². The average Bonchev–Trinajstić information content (AvgIpc) is 2.42. The summed E-state index contributed by atoms with van der Waals surface area (Å²) in [6.45, 7) is 3.48. The van der Waals surface area contributed by atoms with Crippen LogP contribution >= 0.6 is 0 Å². The summed E-state index contributed by atoms with van der Waals surface area (Å²) < 4.78 is 19.0. The number of hydrogen-bond acceptors (Lipinski definition) is 4. The lowest BCUT2D eigenvalue weighted by atomic mass is 10.1. The second-order valence-electron chi connectivity index (χ2n) is 4.78. The van der Waals surface area contributed by atoms with Gasteiger partial charge in [-0.2, -0.15) is 0 Å². The number of benzene rings is 2. The molecule has 1 atom stereocenters. The lowest BCUT2D eigenvalue weighted by molar-refractivity contribution is -0.384. The number of rotatable bonds is 4. The molecule has 0 bridgehead atoms. The first-order valence-corrected chi connectivity index (χ1v) is 6.36. The Morgan fingerprint density at radius 1 is 1.24 bits per heavy atom. The Kier molecular flexibility index (Phi) is 4.18. The highest BCUT2D eigenvalue weighted by molar-refractivity contribution is 5.47. The molecule has 0 aromatic heterocycles. The number of hydrogen-bond donors (Lipinski definition) is 1. The summed E-state index contributed by atoms with van der Waals surface area (Å²) >= 11 is 0. The maximum atomic E-state index is 13.3. The van der Waals surface area contributed by atoms with Crippen molar-refractivity contribution in [3.8, 4) is 11.5 Å². The molecule has 0 amide bonds. The summed E-state index contributed by atoms with van der Waals surface area (Å²) in [5, 5.41) is 10.8. The standard InChI is InChI=1S/C15H15FN2O3/c1-9-3-5-12(18(19)20)8-15(9)21-14-6-4-11(16)7-13(14)10(2)17/h3-8,10H,17H2,1-2H3/t10-/m1/s1. The number of non-ortho nitro benzene ring substituents is 1. The van der Waals surface area contributed by atoms with Crippen molar-refractivity contribution < 1.29 is 14.1 Å². The molecule has 0 aliphatic carbocycles. The number of nitrogens with two attached hydrogens (primary N) is 1. The fraction of sp³-hybridized carbons (Fsp3) is 0.200. The van der Waals surface area contributed by atoms with Gasteiger partial charge in [-0.3, -0.25) is 10.1 Å². The lowest BCUT2D eigenvalue weighted by Crippen LogP contribution is -2.07. The van der Waals surface area contributed by atoms with Crippen LogP contribution in [0.2, 0.25) is 0 Å². The lowest BCUT2D eigenvalue weighted by Gasteiger charge is -2.15. The zero-order valence-electron chi connectivity index (χ0n) is 11.7. The number of nitro benzene ring substituents is 1. The predicted octanol–water partition coefficient (Wildman–Crippen LogP) is 3.85. The van der Waals surface area contributed by atoms with Crippen LogP contribution in [0.3, 0.4) is 0 Å². The summed E-state index contributed by atoms with van der Waals surface area (Å²) in [4.78, 5) is 10.3. The SMILES string of the molecule is Cc1ccc([N+](=O)[O-])cc1Oc1ccc(F)cc1[C@@H](C)N. The summed E-state index contributed by atoms with van der Waals surface area (Å²) in [5.41, 5.74) is 6.97. The highest BCUT2D eigenvalue weighted by atomic mass is 19.1. The van der Waals surface area contributed by atoms with Crippen LogP contribution in [0.25, 0.3) is 0 Å². The van der Waals surface area contributed by atoms with Gasteiger partial charge in [0.2, 0.25) is 0 Å². The maximum Gasteiger partial charge on any atom is 0.273 e. The van der Waals surface area contributed by atoms with Gasteiger partial charge in [0, 0.05) is 17.7 Å². The number of aryl methyl sites for hydroxylation is 1. The van der Waals surface area contributed by atoms with E-state index < -0.39 is 16.8 Å². The highest BCUT2D eigenvalue weighted by Gasteiger charge is 2.14. The van der Waals surface area contributed by atoms with Gasteiger partial charge < -0.3 is 10.5 Å². The zero-order chi connectivity index (χ0) is 15.6. The van der Waals surface area contributed by atoms with E-state index in [0.717, 1.165) is 5.56 Å². The Bertz CT molecular complexity index is 687. The summed E-state index contributed by atoms with van der Waals surface area (Å²) in [6.07, 6.45) is 0. The minimum atomic E-state index is -0.497. The molecule has 2 rings (SSSR count). The Morgan fingerprint density at radius 2 is 1.95 bits per heavy atom. The van der Waals surface area contributed by atoms with Crippen LogP contribution in [0, 0.1) is 22.9 Å². The molecule has 0 unspecified atom stereocenters. The van der Waals surface area contributed by atoms with Crippen molar-refractivity contribution in [3.05, 3.63) is 63.5 Å². The topological polar surface area (TPSA) is 78.4 Å². The minimum absolute atomic E-state index is 0.0694. The third-order valence-electron chi connectivity index (χ3n) is 3.06. The van der Waals surface area contributed by atoms with Crippen LogP contribution in [0.15, 0.2) is 36.4 Å². The molecule has 5 nitrogen and oxygen atoms in total. The van der Waals surface area contributed by atoms with E-state index in [4.69, 9.17) is 10.5 Å². The monoisotopic (exact) mass is 290 g/mol. The molecule has 0 saturated heterocycles. The quantitative estimate of drug-likeness (QED) is 0.685. The summed E-state index contributed by atoms with van der Waals surface area (Å²) in [6, 6.07) is 7.94. The first-order chi connectivity index (χ1) is 9.88. The van der Waals surface area contributed by atoms with Crippen molar-refractivity contribution in [2.75, 3.05) is 0 Å². The minimum Gasteiger partial charge on any atom is -0.456 e. The molecule has 0 heterocycles. The van der Waals surface area contributed by atoms with Gasteiger partial charge in [0.05, 0.1) is 11.0 Å². The van der Waals surface area contributed by atoms with Crippen LogP contribution in [0.4, 0.5) is 10.1 Å². The molecule has 6 heteroatoms. The third-order valence-corrected chi connectivity index (χ3v) is 3.06.